The van der Waals surface area contributed by atoms with Crippen LogP contribution in [0.25, 0.3) is 0 Å². The Hall–Kier alpha value is -1.34. The van der Waals surface area contributed by atoms with Crippen molar-refractivity contribution in [2.45, 2.75) is 83.7 Å². The monoisotopic (exact) mass is 467 g/mol. The lowest BCUT2D eigenvalue weighted by Crippen LogP contribution is -2.40. The summed E-state index contributed by atoms with van der Waals surface area (Å²) in [6, 6.07) is 0. The topological polar surface area (TPSA) is 153 Å². The quantitative estimate of drug-likeness (QED) is 0.161. The fraction of sp³-hybridized carbons (Fsp3) is 0.905. The molecule has 1 amide bonds. The first-order valence-electron chi connectivity index (χ1n) is 10.8. The Labute approximate surface area is 190 Å². The van der Waals surface area contributed by atoms with E-state index in [4.69, 9.17) is 28.8 Å². The maximum Gasteiger partial charge on any atom is 0.305 e. The van der Waals surface area contributed by atoms with Crippen LogP contribution in [0.5, 0.6) is 0 Å². The van der Waals surface area contributed by atoms with Gasteiger partial charge in [0.2, 0.25) is 5.91 Å². The summed E-state index contributed by atoms with van der Waals surface area (Å²) in [4.78, 5) is 23.7. The number of hydrogen-bond donors (Lipinski definition) is 4. The van der Waals surface area contributed by atoms with Crippen LogP contribution in [0.15, 0.2) is 0 Å². The second-order valence-corrected chi connectivity index (χ2v) is 8.24. The van der Waals surface area contributed by atoms with Gasteiger partial charge in [-0.1, -0.05) is 6.92 Å². The van der Waals surface area contributed by atoms with Crippen molar-refractivity contribution in [3.05, 3.63) is 0 Å². The Morgan fingerprint density at radius 3 is 2.03 bits per heavy atom. The van der Waals surface area contributed by atoms with E-state index in [2.05, 4.69) is 5.32 Å². The molecule has 4 atom stereocenters. The maximum atomic E-state index is 11.9. The molecule has 0 aromatic heterocycles. The van der Waals surface area contributed by atoms with E-state index in [-0.39, 0.29) is 44.1 Å². The molecule has 0 spiro atoms. The number of aliphatic hydroxyl groups is 3. The van der Waals surface area contributed by atoms with Crippen LogP contribution in [0.2, 0.25) is 0 Å². The molecule has 0 radical (unpaired) electrons. The van der Waals surface area contributed by atoms with E-state index in [1.54, 1.807) is 0 Å². The zero-order valence-electron chi connectivity index (χ0n) is 19.9. The molecule has 0 saturated heterocycles. The number of esters is 1. The molecule has 0 fully saturated rings. The summed E-state index contributed by atoms with van der Waals surface area (Å²) in [5.41, 5.74) is -0.326. The highest BCUT2D eigenvalue weighted by Gasteiger charge is 2.21. The van der Waals surface area contributed by atoms with Crippen molar-refractivity contribution in [3.8, 4) is 0 Å². The first kappa shape index (κ1) is 30.7. The van der Waals surface area contributed by atoms with Gasteiger partial charge in [-0.25, -0.2) is 0 Å². The number of amides is 1. The van der Waals surface area contributed by atoms with Gasteiger partial charge in [-0.3, -0.25) is 9.59 Å². The summed E-state index contributed by atoms with van der Waals surface area (Å²) in [5, 5.41) is 30.8. The van der Waals surface area contributed by atoms with Gasteiger partial charge in [-0.2, -0.15) is 0 Å². The van der Waals surface area contributed by atoms with Crippen LogP contribution in [0.3, 0.4) is 0 Å². The largest absolute Gasteiger partial charge is 0.460 e. The molecule has 190 valence electrons. The number of ether oxygens (including phenoxy) is 5. The predicted octanol–water partition coefficient (Wildman–Crippen LogP) is 0.0871. The van der Waals surface area contributed by atoms with E-state index < -0.39 is 44.0 Å². The minimum atomic E-state index is -0.987. The number of aliphatic hydroxyl groups excluding tert-OH is 3. The third-order valence-corrected chi connectivity index (χ3v) is 4.11. The molecular formula is C21H41NO10. The smallest absolute Gasteiger partial charge is 0.305 e. The Bertz CT molecular complexity index is 507. The van der Waals surface area contributed by atoms with Gasteiger partial charge in [-0.15, -0.1) is 0 Å². The number of carbonyl (C=O) groups is 2. The minimum absolute atomic E-state index is 0.0690. The lowest BCUT2D eigenvalue weighted by molar-refractivity contribution is -0.235. The Morgan fingerprint density at radius 1 is 0.906 bits per heavy atom. The van der Waals surface area contributed by atoms with Crippen LogP contribution in [0.1, 0.15) is 53.4 Å². The van der Waals surface area contributed by atoms with Gasteiger partial charge < -0.3 is 44.3 Å². The predicted molar refractivity (Wildman–Crippen MR) is 115 cm³/mol. The SMILES string of the molecule is CCC(CO)O[C@@H](CO)OCC(CO)O[C@@H](COC(=O)CCCC(=O)NC(C)(C)C)OC. The Kier molecular flexibility index (Phi) is 16.5. The zero-order valence-corrected chi connectivity index (χ0v) is 19.9. The van der Waals surface area contributed by atoms with Crippen molar-refractivity contribution in [3.63, 3.8) is 0 Å². The molecule has 0 aromatic carbocycles. The van der Waals surface area contributed by atoms with E-state index in [0.29, 0.717) is 12.8 Å². The molecule has 32 heavy (non-hydrogen) atoms. The van der Waals surface area contributed by atoms with Crippen LogP contribution in [0, 0.1) is 0 Å². The minimum Gasteiger partial charge on any atom is -0.460 e. The van der Waals surface area contributed by atoms with Gasteiger partial charge in [-0.05, 0) is 33.6 Å². The molecule has 0 aliphatic rings. The molecule has 2 unspecified atom stereocenters. The molecule has 11 heteroatoms. The standard InChI is InChI=1S/C21H41NO10/c1-6-15(10-23)31-19(12-25)30-13-16(11-24)32-20(28-5)14-29-18(27)9-7-8-17(26)22-21(2,3)4/h15-16,19-20,23-25H,6-14H2,1-5H3,(H,22,26)/t15?,16?,19-,20-/m0/s1. The van der Waals surface area contributed by atoms with Crippen LogP contribution in [0.4, 0.5) is 0 Å². The highest BCUT2D eigenvalue weighted by atomic mass is 16.7. The van der Waals surface area contributed by atoms with E-state index in [9.17, 15) is 19.8 Å². The molecule has 11 nitrogen and oxygen atoms in total. The van der Waals surface area contributed by atoms with E-state index in [1.165, 1.54) is 7.11 Å². The lowest BCUT2D eigenvalue weighted by atomic mass is 10.1. The number of nitrogens with one attached hydrogen (secondary N) is 1. The van der Waals surface area contributed by atoms with Gasteiger partial charge in [0.25, 0.3) is 0 Å². The van der Waals surface area contributed by atoms with E-state index in [1.807, 2.05) is 27.7 Å². The molecule has 0 heterocycles. The van der Waals surface area contributed by atoms with Crippen molar-refractivity contribution < 1.29 is 48.6 Å². The summed E-state index contributed by atoms with van der Waals surface area (Å²) in [6.07, 6.45) is -2.07. The van der Waals surface area contributed by atoms with Crippen molar-refractivity contribution >= 4 is 11.9 Å². The molecular weight excluding hydrogens is 426 g/mol. The second kappa shape index (κ2) is 17.2. The first-order chi connectivity index (χ1) is 15.1. The highest BCUT2D eigenvalue weighted by Crippen LogP contribution is 2.08. The third kappa shape index (κ3) is 15.5. The molecule has 0 bridgehead atoms. The lowest BCUT2D eigenvalue weighted by Gasteiger charge is -2.26. The summed E-state index contributed by atoms with van der Waals surface area (Å²) >= 11 is 0. The second-order valence-electron chi connectivity index (χ2n) is 8.24. The number of rotatable bonds is 18. The van der Waals surface area contributed by atoms with Crippen molar-refractivity contribution in [2.24, 2.45) is 0 Å². The third-order valence-electron chi connectivity index (χ3n) is 4.11. The molecule has 0 aromatic rings. The molecule has 0 saturated carbocycles. The highest BCUT2D eigenvalue weighted by molar-refractivity contribution is 5.77. The van der Waals surface area contributed by atoms with Gasteiger partial charge >= 0.3 is 5.97 Å². The summed E-state index contributed by atoms with van der Waals surface area (Å²) in [7, 11) is 1.36. The van der Waals surface area contributed by atoms with Gasteiger partial charge in [0.15, 0.2) is 12.6 Å². The summed E-state index contributed by atoms with van der Waals surface area (Å²) in [5.74, 6) is -0.636. The van der Waals surface area contributed by atoms with Crippen LogP contribution in [-0.2, 0) is 33.3 Å². The van der Waals surface area contributed by atoms with Crippen molar-refractivity contribution in [2.75, 3.05) is 40.1 Å². The van der Waals surface area contributed by atoms with E-state index in [0.717, 1.165) is 0 Å². The molecule has 0 aliphatic heterocycles. The number of hydrogen-bond acceptors (Lipinski definition) is 10. The number of carbonyl (C=O) groups excluding carboxylic acids is 2. The average Bonchev–Trinajstić information content (AvgIpc) is 2.74. The average molecular weight is 468 g/mol. The summed E-state index contributed by atoms with van der Waals surface area (Å²) in [6.45, 7) is 6.06. The Balaban J connectivity index is 4.33. The van der Waals surface area contributed by atoms with Gasteiger partial charge in [0, 0.05) is 25.5 Å². The molecule has 0 rings (SSSR count). The molecule has 0 aliphatic carbocycles. The van der Waals surface area contributed by atoms with Gasteiger partial charge in [0.1, 0.15) is 12.7 Å². The van der Waals surface area contributed by atoms with Gasteiger partial charge in [0.05, 0.1) is 32.5 Å². The van der Waals surface area contributed by atoms with E-state index >= 15 is 0 Å². The first-order valence-corrected chi connectivity index (χ1v) is 10.8. The molecule has 4 N–H and O–H groups in total. The van der Waals surface area contributed by atoms with Crippen LogP contribution in [-0.4, -0.2) is 97.7 Å². The number of methoxy groups -OCH3 is 1. The normalized spacial score (nSPS) is 15.6. The van der Waals surface area contributed by atoms with Crippen LogP contribution >= 0.6 is 0 Å². The zero-order chi connectivity index (χ0) is 24.6. The summed E-state index contributed by atoms with van der Waals surface area (Å²) < 4.78 is 26.5. The maximum absolute atomic E-state index is 11.9. The van der Waals surface area contributed by atoms with Crippen molar-refractivity contribution in [1.29, 1.82) is 0 Å². The fourth-order valence-corrected chi connectivity index (χ4v) is 2.45. The van der Waals surface area contributed by atoms with Crippen molar-refractivity contribution in [1.82, 2.24) is 5.32 Å². The Morgan fingerprint density at radius 2 is 1.53 bits per heavy atom. The fourth-order valence-electron chi connectivity index (χ4n) is 2.45. The van der Waals surface area contributed by atoms with Crippen LogP contribution < -0.4 is 5.32 Å².